The molecular formula is C64H77N11O11S. The number of aromatic nitrogens is 3. The molecule has 1 saturated carbocycles. The second-order valence-electron chi connectivity index (χ2n) is 25.1. The number of carbonyl (C=O) groups is 1. The van der Waals surface area contributed by atoms with E-state index in [1.54, 1.807) is 13.2 Å². The van der Waals surface area contributed by atoms with Crippen molar-refractivity contribution in [3.63, 3.8) is 0 Å². The van der Waals surface area contributed by atoms with E-state index in [0.29, 0.717) is 74.3 Å². The van der Waals surface area contributed by atoms with Gasteiger partial charge >= 0.3 is 0 Å². The van der Waals surface area contributed by atoms with Gasteiger partial charge in [-0.3, -0.25) is 24.7 Å². The van der Waals surface area contributed by atoms with Gasteiger partial charge < -0.3 is 53.4 Å². The summed E-state index contributed by atoms with van der Waals surface area (Å²) in [6, 6.07) is 23.1. The van der Waals surface area contributed by atoms with Crippen LogP contribution >= 0.6 is 0 Å². The molecule has 6 fully saturated rings. The number of hydrogen-bond acceptors (Lipinski definition) is 19. The first kappa shape index (κ1) is 57.5. The zero-order valence-corrected chi connectivity index (χ0v) is 50.6. The van der Waals surface area contributed by atoms with E-state index >= 15 is 0 Å². The van der Waals surface area contributed by atoms with Gasteiger partial charge in [0.05, 0.1) is 66.1 Å². The number of aromatic amines is 1. The Morgan fingerprint density at radius 2 is 1.71 bits per heavy atom. The molecule has 5 saturated heterocycles. The van der Waals surface area contributed by atoms with Gasteiger partial charge in [0.2, 0.25) is 5.88 Å². The van der Waals surface area contributed by atoms with E-state index in [9.17, 15) is 23.3 Å². The maximum Gasteiger partial charge on any atom is 0.297 e. The van der Waals surface area contributed by atoms with Crippen molar-refractivity contribution in [1.82, 2.24) is 29.5 Å². The van der Waals surface area contributed by atoms with E-state index in [4.69, 9.17) is 38.4 Å². The molecule has 87 heavy (non-hydrogen) atoms. The van der Waals surface area contributed by atoms with Crippen molar-refractivity contribution >= 4 is 61.2 Å². The van der Waals surface area contributed by atoms with E-state index in [2.05, 4.69) is 90.6 Å². The van der Waals surface area contributed by atoms with Crippen LogP contribution in [-0.4, -0.2) is 167 Å². The van der Waals surface area contributed by atoms with Crippen LogP contribution in [0.2, 0.25) is 0 Å². The lowest BCUT2D eigenvalue weighted by atomic mass is 9.53. The highest BCUT2D eigenvalue weighted by molar-refractivity contribution is 7.90. The molecule has 1 amide bonds. The summed E-state index contributed by atoms with van der Waals surface area (Å²) in [6.07, 6.45) is 8.55. The predicted molar refractivity (Wildman–Crippen MR) is 328 cm³/mol. The van der Waals surface area contributed by atoms with Gasteiger partial charge in [-0.15, -0.1) is 0 Å². The number of fused-ring (bicyclic) bond motifs is 4. The molecule has 14 rings (SSSR count). The number of aryl methyl sites for hydroxylation is 1. The van der Waals surface area contributed by atoms with E-state index in [-0.39, 0.29) is 65.7 Å². The van der Waals surface area contributed by atoms with Crippen molar-refractivity contribution in [1.29, 1.82) is 0 Å². The van der Waals surface area contributed by atoms with Crippen LogP contribution < -0.4 is 38.9 Å². The van der Waals surface area contributed by atoms with Crippen molar-refractivity contribution in [2.75, 3.05) is 113 Å². The average molecular weight is 1210 g/mol. The largest absolute Gasteiger partial charge is 0.493 e. The Labute approximate surface area is 507 Å². The minimum atomic E-state index is -4.72. The molecule has 1 aliphatic carbocycles. The Kier molecular flexibility index (Phi) is 15.4. The minimum Gasteiger partial charge on any atom is -0.493 e. The van der Waals surface area contributed by atoms with Gasteiger partial charge in [0.1, 0.15) is 24.0 Å². The Morgan fingerprint density at radius 3 is 2.51 bits per heavy atom. The quantitative estimate of drug-likeness (QED) is 0.0728. The second kappa shape index (κ2) is 23.3. The first-order valence-electron chi connectivity index (χ1n) is 30.9. The van der Waals surface area contributed by atoms with E-state index in [0.717, 1.165) is 112 Å². The molecule has 7 atom stereocenters. The molecular weight excluding hydrogens is 1130 g/mol. The van der Waals surface area contributed by atoms with Crippen LogP contribution in [0.1, 0.15) is 85.5 Å². The number of amides is 1. The number of anilines is 5. The van der Waals surface area contributed by atoms with Crippen molar-refractivity contribution in [3.05, 3.63) is 118 Å². The molecule has 6 aromatic rings. The average Bonchev–Trinajstić information content (AvgIpc) is 1.24. The SMILES string of the molecule is COc1cc(CN2CCN([C@@H]3CC4(CCN(c5ccc(C(=O)NS(=O)(=O)c6cc7c(c([N+](=O)[O-])c6)N[C@H](C6CCOCC6)CO7)c(N6c7cc8cc[nH]c8nc7O[C@H]7COCC[C@@H]76)c5)CC4)[C@H]3C)[C@H](c3ccccc3C)C2)cnc1N1CCOC[C@@H]1C. The lowest BCUT2D eigenvalue weighted by molar-refractivity contribution is -0.384. The minimum absolute atomic E-state index is 0.0249. The lowest BCUT2D eigenvalue weighted by Crippen LogP contribution is -2.64. The topological polar surface area (TPSA) is 232 Å². The van der Waals surface area contributed by atoms with Crippen LogP contribution in [0.4, 0.5) is 34.3 Å². The molecule has 22 nitrogen and oxygen atoms in total. The number of nitrogens with zero attached hydrogens (tertiary/aromatic N) is 8. The molecule has 10 heterocycles. The third kappa shape index (κ3) is 10.7. The molecule has 3 N–H and O–H groups in total. The van der Waals surface area contributed by atoms with E-state index in [1.165, 1.54) is 17.2 Å². The van der Waals surface area contributed by atoms with Gasteiger partial charge in [0.25, 0.3) is 21.6 Å². The molecule has 1 spiro atoms. The molecule has 0 unspecified atom stereocenters. The number of pyridine rings is 2. The smallest absolute Gasteiger partial charge is 0.297 e. The third-order valence-corrected chi connectivity index (χ3v) is 21.7. The number of piperidine rings is 1. The number of ether oxygens (including phenoxy) is 6. The summed E-state index contributed by atoms with van der Waals surface area (Å²) < 4.78 is 67.2. The number of nitro benzene ring substituents is 1. The van der Waals surface area contributed by atoms with Crippen LogP contribution in [0.3, 0.4) is 0 Å². The number of hydrogen-bond donors (Lipinski definition) is 3. The summed E-state index contributed by atoms with van der Waals surface area (Å²) in [5.74, 6) is 1.76. The van der Waals surface area contributed by atoms with Crippen molar-refractivity contribution in [3.8, 4) is 17.4 Å². The summed E-state index contributed by atoms with van der Waals surface area (Å²) >= 11 is 0. The van der Waals surface area contributed by atoms with Gasteiger partial charge in [-0.2, -0.15) is 4.98 Å². The number of carbonyl (C=O) groups excluding carboxylic acids is 1. The van der Waals surface area contributed by atoms with Crippen LogP contribution in [0.25, 0.3) is 11.0 Å². The number of piperazine rings is 1. The maximum atomic E-state index is 15.0. The first-order valence-corrected chi connectivity index (χ1v) is 32.4. The number of methoxy groups -OCH3 is 1. The number of nitro groups is 1. The predicted octanol–water partition coefficient (Wildman–Crippen LogP) is 8.37. The van der Waals surface area contributed by atoms with Crippen molar-refractivity contribution in [2.24, 2.45) is 17.3 Å². The zero-order chi connectivity index (χ0) is 59.7. The van der Waals surface area contributed by atoms with Crippen molar-refractivity contribution in [2.45, 2.75) is 107 Å². The molecule has 7 aliphatic heterocycles. The first-order chi connectivity index (χ1) is 42.2. The molecule has 460 valence electrons. The second-order valence-corrected chi connectivity index (χ2v) is 26.8. The highest BCUT2D eigenvalue weighted by Crippen LogP contribution is 2.58. The molecule has 3 aromatic carbocycles. The fourth-order valence-corrected chi connectivity index (χ4v) is 16.4. The van der Waals surface area contributed by atoms with Gasteiger partial charge in [0, 0.05) is 113 Å². The number of nitrogens with one attached hydrogen (secondary N) is 3. The fourth-order valence-electron chi connectivity index (χ4n) is 15.4. The summed E-state index contributed by atoms with van der Waals surface area (Å²) in [5, 5.41) is 16.8. The summed E-state index contributed by atoms with van der Waals surface area (Å²) in [4.78, 5) is 51.7. The number of sulfonamides is 1. The fraction of sp³-hybridized carbons (Fsp3) is 0.516. The van der Waals surface area contributed by atoms with Crippen molar-refractivity contribution < 1.29 is 46.6 Å². The summed E-state index contributed by atoms with van der Waals surface area (Å²) in [5.41, 5.74) is 6.36. The number of H-pyrrole nitrogens is 1. The summed E-state index contributed by atoms with van der Waals surface area (Å²) in [6.45, 7) is 16.2. The lowest BCUT2D eigenvalue weighted by Gasteiger charge is -2.62. The van der Waals surface area contributed by atoms with Crippen LogP contribution in [0.15, 0.2) is 90.1 Å². The molecule has 8 aliphatic rings. The molecule has 0 bridgehead atoms. The normalized spacial score (nSPS) is 25.9. The van der Waals surface area contributed by atoms with Gasteiger partial charge in [-0.25, -0.2) is 18.1 Å². The van der Waals surface area contributed by atoms with Crippen LogP contribution in [0, 0.1) is 34.3 Å². The standard InChI is InChI=1S/C64H77N11O11S/c1-39-7-5-6-8-47(39)55-35-70(34-42-27-57(81-4)61(66-33-42)72-22-26-84-36-40(72)2)20-21-73(55)54-32-64(41(54)3)15-18-71(19-16-64)45-9-10-48(51(29-45)74-50-14-25-83-38-58(50)86-63-53(74)28-44-11-17-65-60(44)68-63)62(76)69-87(79,80)46-30-52(75(77)78)59-56(31-46)85-37-49(67-59)43-12-23-82-24-13-43/h5-11,17,27-31,33,40-41,43,49-50,54-55,58,67H,12-16,18-26,32,34-38H2,1-4H3,(H,65,68)(H,69,76)/t40-,41-,49-,50-,54+,55-,58-/m0/s1. The Hall–Kier alpha value is -7.28. The molecule has 0 radical (unpaired) electrons. The number of morpholine rings is 1. The highest BCUT2D eigenvalue weighted by Gasteiger charge is 2.56. The Morgan fingerprint density at radius 1 is 0.897 bits per heavy atom. The maximum absolute atomic E-state index is 15.0. The van der Waals surface area contributed by atoms with Crippen LogP contribution in [-0.2, 0) is 30.8 Å². The Bertz CT molecular complexity index is 3700. The molecule has 3 aromatic heterocycles. The monoisotopic (exact) mass is 1210 g/mol. The number of rotatable bonds is 13. The van der Waals surface area contributed by atoms with E-state index in [1.807, 2.05) is 36.7 Å². The zero-order valence-electron chi connectivity index (χ0n) is 49.8. The number of benzene rings is 3. The van der Waals surface area contributed by atoms with E-state index < -0.39 is 37.5 Å². The summed E-state index contributed by atoms with van der Waals surface area (Å²) in [7, 11) is -2.99. The van der Waals surface area contributed by atoms with Gasteiger partial charge in [0.15, 0.2) is 23.0 Å². The third-order valence-electron chi connectivity index (χ3n) is 20.4. The van der Waals surface area contributed by atoms with Gasteiger partial charge in [-0.05, 0) is 123 Å². The van der Waals surface area contributed by atoms with Crippen LogP contribution in [0.5, 0.6) is 17.4 Å². The van der Waals surface area contributed by atoms with Gasteiger partial charge in [-0.1, -0.05) is 31.2 Å². The molecule has 23 heteroatoms. The highest BCUT2D eigenvalue weighted by atomic mass is 32.2. The Balaban J connectivity index is 0.720.